The highest BCUT2D eigenvalue weighted by Gasteiger charge is 2.39. The fraction of sp³-hybridized carbons (Fsp3) is 0.391. The number of aryl methyl sites for hydroxylation is 1. The van der Waals surface area contributed by atoms with Gasteiger partial charge in [-0.2, -0.15) is 9.30 Å². The van der Waals surface area contributed by atoms with E-state index in [4.69, 9.17) is 4.74 Å². The Bertz CT molecular complexity index is 1330. The van der Waals surface area contributed by atoms with Gasteiger partial charge in [0.2, 0.25) is 10.0 Å². The van der Waals surface area contributed by atoms with Crippen LogP contribution >= 0.6 is 11.3 Å². The number of carbonyl (C=O) groups is 1. The second-order valence-electron chi connectivity index (χ2n) is 7.88. The molecule has 1 amide bonds. The highest BCUT2D eigenvalue weighted by molar-refractivity contribution is 7.89. The van der Waals surface area contributed by atoms with Gasteiger partial charge in [0.25, 0.3) is 5.91 Å². The molecular formula is C23H26FN3O4S2. The largest absolute Gasteiger partial charge is 0.380 e. The van der Waals surface area contributed by atoms with Gasteiger partial charge in [0.05, 0.1) is 21.7 Å². The molecule has 0 radical (unpaired) electrons. The highest BCUT2D eigenvalue weighted by atomic mass is 32.2. The Labute approximate surface area is 196 Å². The van der Waals surface area contributed by atoms with Crippen molar-refractivity contribution < 1.29 is 22.3 Å². The SMILES string of the molecule is CCOCCn1c(=NC(=O)C2CCCN2S(=O)(=O)c2ccc(F)cc2)sc2cc(C)ccc21. The van der Waals surface area contributed by atoms with Gasteiger partial charge < -0.3 is 9.30 Å². The molecule has 0 N–H and O–H groups in total. The zero-order valence-electron chi connectivity index (χ0n) is 18.5. The summed E-state index contributed by atoms with van der Waals surface area (Å²) in [5.74, 6) is -1.01. The summed E-state index contributed by atoms with van der Waals surface area (Å²) >= 11 is 1.40. The van der Waals surface area contributed by atoms with E-state index in [0.717, 1.165) is 27.9 Å². The van der Waals surface area contributed by atoms with Crippen LogP contribution in [0.15, 0.2) is 52.4 Å². The third-order valence-electron chi connectivity index (χ3n) is 5.62. The van der Waals surface area contributed by atoms with Gasteiger partial charge >= 0.3 is 0 Å². The van der Waals surface area contributed by atoms with Gasteiger partial charge in [-0.05, 0) is 68.7 Å². The minimum Gasteiger partial charge on any atom is -0.380 e. The minimum atomic E-state index is -3.94. The lowest BCUT2D eigenvalue weighted by atomic mass is 10.2. The summed E-state index contributed by atoms with van der Waals surface area (Å²) < 4.78 is 49.2. The standard InChI is InChI=1S/C23H26FN3O4S2/c1-3-31-14-13-26-19-11-6-16(2)15-21(19)32-23(26)25-22(28)20-5-4-12-27(20)33(29,30)18-9-7-17(24)8-10-18/h6-11,15,20H,3-5,12-14H2,1-2H3. The maximum Gasteiger partial charge on any atom is 0.266 e. The molecule has 0 aliphatic carbocycles. The first-order valence-corrected chi connectivity index (χ1v) is 13.1. The van der Waals surface area contributed by atoms with E-state index in [9.17, 15) is 17.6 Å². The first kappa shape index (κ1) is 23.7. The molecule has 1 aliphatic rings. The van der Waals surface area contributed by atoms with Crippen LogP contribution in [0.3, 0.4) is 0 Å². The van der Waals surface area contributed by atoms with E-state index < -0.39 is 27.8 Å². The topological polar surface area (TPSA) is 81.0 Å². The second kappa shape index (κ2) is 9.84. The van der Waals surface area contributed by atoms with E-state index in [1.165, 1.54) is 27.8 Å². The third-order valence-corrected chi connectivity index (χ3v) is 8.58. The minimum absolute atomic E-state index is 0.0345. The lowest BCUT2D eigenvalue weighted by Gasteiger charge is -2.21. The van der Waals surface area contributed by atoms with Crippen LogP contribution in [0.1, 0.15) is 25.3 Å². The molecule has 1 aromatic heterocycles. The van der Waals surface area contributed by atoms with Crippen molar-refractivity contribution in [1.82, 2.24) is 8.87 Å². The van der Waals surface area contributed by atoms with Gasteiger partial charge in [0, 0.05) is 19.7 Å². The Kier molecular flexibility index (Phi) is 7.08. The molecule has 1 fully saturated rings. The van der Waals surface area contributed by atoms with Crippen molar-refractivity contribution in [3.05, 3.63) is 58.6 Å². The Balaban J connectivity index is 1.69. The summed E-state index contributed by atoms with van der Waals surface area (Å²) in [5, 5.41) is 0. The van der Waals surface area contributed by atoms with Crippen molar-refractivity contribution >= 4 is 37.5 Å². The summed E-state index contributed by atoms with van der Waals surface area (Å²) in [5.41, 5.74) is 2.06. The average molecular weight is 492 g/mol. The van der Waals surface area contributed by atoms with Crippen LogP contribution in [0.5, 0.6) is 0 Å². The van der Waals surface area contributed by atoms with Crippen molar-refractivity contribution in [3.8, 4) is 0 Å². The Hall–Kier alpha value is -2.40. The van der Waals surface area contributed by atoms with Crippen LogP contribution in [0, 0.1) is 12.7 Å². The van der Waals surface area contributed by atoms with Crippen molar-refractivity contribution in [2.24, 2.45) is 4.99 Å². The smallest absolute Gasteiger partial charge is 0.266 e. The summed E-state index contributed by atoms with van der Waals surface area (Å²) in [7, 11) is -3.94. The number of carbonyl (C=O) groups excluding carboxylic acids is 1. The quantitative estimate of drug-likeness (QED) is 0.474. The lowest BCUT2D eigenvalue weighted by molar-refractivity contribution is -0.121. The molecule has 2 aromatic carbocycles. The van der Waals surface area contributed by atoms with Crippen molar-refractivity contribution in [2.75, 3.05) is 19.8 Å². The number of rotatable bonds is 7. The first-order valence-electron chi connectivity index (χ1n) is 10.8. The Morgan fingerprint density at radius 3 is 2.73 bits per heavy atom. The average Bonchev–Trinajstić information content (AvgIpc) is 3.40. The summed E-state index contributed by atoms with van der Waals surface area (Å²) in [6.45, 7) is 5.75. The van der Waals surface area contributed by atoms with Crippen molar-refractivity contribution in [1.29, 1.82) is 0 Å². The van der Waals surface area contributed by atoms with Crippen LogP contribution < -0.4 is 4.80 Å². The van der Waals surface area contributed by atoms with Gasteiger partial charge in [-0.15, -0.1) is 0 Å². The van der Waals surface area contributed by atoms with Gasteiger partial charge in [-0.1, -0.05) is 17.4 Å². The second-order valence-corrected chi connectivity index (χ2v) is 10.8. The van der Waals surface area contributed by atoms with Gasteiger partial charge in [-0.3, -0.25) is 4.79 Å². The lowest BCUT2D eigenvalue weighted by Crippen LogP contribution is -2.40. The molecule has 3 aromatic rings. The number of nitrogens with zero attached hydrogens (tertiary/aromatic N) is 3. The fourth-order valence-corrected chi connectivity index (χ4v) is 6.78. The van der Waals surface area contributed by atoms with Crippen LogP contribution in [0.25, 0.3) is 10.2 Å². The molecule has 1 atom stereocenters. The van der Waals surface area contributed by atoms with E-state index in [1.807, 2.05) is 36.6 Å². The molecule has 1 aliphatic heterocycles. The van der Waals surface area contributed by atoms with E-state index in [0.29, 0.717) is 37.4 Å². The first-order chi connectivity index (χ1) is 15.8. The molecule has 2 heterocycles. The van der Waals surface area contributed by atoms with E-state index in [1.54, 1.807) is 0 Å². The summed E-state index contributed by atoms with van der Waals surface area (Å²) in [6.07, 6.45) is 0.952. The van der Waals surface area contributed by atoms with Crippen LogP contribution in [0.2, 0.25) is 0 Å². The van der Waals surface area contributed by atoms with Gasteiger partial charge in [0.1, 0.15) is 11.9 Å². The molecule has 10 heteroatoms. The molecule has 1 unspecified atom stereocenters. The number of ether oxygens (including phenoxy) is 1. The highest BCUT2D eigenvalue weighted by Crippen LogP contribution is 2.27. The molecule has 33 heavy (non-hydrogen) atoms. The number of sulfonamides is 1. The number of amides is 1. The molecule has 1 saturated heterocycles. The zero-order valence-corrected chi connectivity index (χ0v) is 20.2. The molecule has 0 spiro atoms. The number of hydrogen-bond acceptors (Lipinski definition) is 5. The maximum absolute atomic E-state index is 13.3. The molecule has 7 nitrogen and oxygen atoms in total. The molecule has 4 rings (SSSR count). The number of fused-ring (bicyclic) bond motifs is 1. The maximum atomic E-state index is 13.3. The van der Waals surface area contributed by atoms with E-state index in [2.05, 4.69) is 4.99 Å². The summed E-state index contributed by atoms with van der Waals surface area (Å²) in [4.78, 5) is 18.1. The zero-order chi connectivity index (χ0) is 23.6. The van der Waals surface area contributed by atoms with Crippen molar-refractivity contribution in [3.63, 3.8) is 0 Å². The van der Waals surface area contributed by atoms with Gasteiger partial charge in [-0.25, -0.2) is 12.8 Å². The van der Waals surface area contributed by atoms with Crippen LogP contribution in [0.4, 0.5) is 4.39 Å². The number of hydrogen-bond donors (Lipinski definition) is 0. The monoisotopic (exact) mass is 491 g/mol. The van der Waals surface area contributed by atoms with Crippen LogP contribution in [-0.4, -0.2) is 49.0 Å². The molecule has 0 saturated carbocycles. The van der Waals surface area contributed by atoms with Crippen LogP contribution in [-0.2, 0) is 26.1 Å². The number of halogens is 1. The number of thiazole rings is 1. The predicted octanol–water partition coefficient (Wildman–Crippen LogP) is 3.47. The Morgan fingerprint density at radius 1 is 1.24 bits per heavy atom. The summed E-state index contributed by atoms with van der Waals surface area (Å²) in [6, 6.07) is 9.81. The van der Waals surface area contributed by atoms with E-state index in [-0.39, 0.29) is 11.4 Å². The predicted molar refractivity (Wildman–Crippen MR) is 125 cm³/mol. The van der Waals surface area contributed by atoms with E-state index >= 15 is 0 Å². The molecular weight excluding hydrogens is 465 g/mol. The normalized spacial score (nSPS) is 17.8. The third kappa shape index (κ3) is 4.93. The molecule has 176 valence electrons. The number of benzene rings is 2. The van der Waals surface area contributed by atoms with Crippen molar-refractivity contribution in [2.45, 2.75) is 44.2 Å². The molecule has 0 bridgehead atoms. The van der Waals surface area contributed by atoms with Gasteiger partial charge in [0.15, 0.2) is 4.80 Å². The fourth-order valence-electron chi connectivity index (χ4n) is 3.97. The Morgan fingerprint density at radius 2 is 2.00 bits per heavy atom. The number of aromatic nitrogens is 1.